The smallest absolute Gasteiger partial charge is 0.0478 e. The lowest BCUT2D eigenvalue weighted by molar-refractivity contribution is 0.421. The van der Waals surface area contributed by atoms with Crippen LogP contribution >= 0.6 is 11.8 Å². The van der Waals surface area contributed by atoms with E-state index in [2.05, 4.69) is 56.4 Å². The summed E-state index contributed by atoms with van der Waals surface area (Å²) in [6.45, 7) is 7.90. The summed E-state index contributed by atoms with van der Waals surface area (Å²) in [4.78, 5) is 1.38. The van der Waals surface area contributed by atoms with Crippen molar-refractivity contribution in [2.24, 2.45) is 11.8 Å². The molecule has 0 saturated carbocycles. The molecule has 2 heteroatoms. The third kappa shape index (κ3) is 4.31. The zero-order valence-electron chi connectivity index (χ0n) is 12.3. The van der Waals surface area contributed by atoms with Crippen LogP contribution in [0.3, 0.4) is 0 Å². The molecule has 2 unspecified atom stereocenters. The minimum absolute atomic E-state index is 0.737. The van der Waals surface area contributed by atoms with Crippen LogP contribution in [0.1, 0.15) is 33.6 Å². The Morgan fingerprint density at radius 3 is 2.84 bits per heavy atom. The Morgan fingerprint density at radius 2 is 2.11 bits per heavy atom. The van der Waals surface area contributed by atoms with Crippen LogP contribution in [0.4, 0.5) is 5.69 Å². The van der Waals surface area contributed by atoms with Crippen molar-refractivity contribution in [2.45, 2.75) is 38.5 Å². The Balaban J connectivity index is 1.94. The molecule has 0 heterocycles. The first-order valence-electron chi connectivity index (χ1n) is 7.32. The van der Waals surface area contributed by atoms with Crippen LogP contribution in [0.5, 0.6) is 0 Å². The van der Waals surface area contributed by atoms with Crippen LogP contribution < -0.4 is 5.32 Å². The molecule has 0 aromatic heterocycles. The van der Waals surface area contributed by atoms with Crippen molar-refractivity contribution >= 4 is 17.4 Å². The Hall–Kier alpha value is -0.890. The molecule has 1 aliphatic carbocycles. The van der Waals surface area contributed by atoms with Gasteiger partial charge in [-0.05, 0) is 49.5 Å². The van der Waals surface area contributed by atoms with Gasteiger partial charge in [-0.25, -0.2) is 0 Å². The third-order valence-corrected chi connectivity index (χ3v) is 4.61. The van der Waals surface area contributed by atoms with Gasteiger partial charge in [0, 0.05) is 17.1 Å². The first-order valence-corrected chi connectivity index (χ1v) is 8.30. The second-order valence-electron chi connectivity index (χ2n) is 5.61. The quantitative estimate of drug-likeness (QED) is 0.585. The van der Waals surface area contributed by atoms with E-state index >= 15 is 0 Å². The Kier molecular flexibility index (Phi) is 5.38. The third-order valence-electron chi connectivity index (χ3n) is 3.65. The van der Waals surface area contributed by atoms with Gasteiger partial charge in [0.15, 0.2) is 0 Å². The maximum Gasteiger partial charge on any atom is 0.0478 e. The van der Waals surface area contributed by atoms with Crippen LogP contribution in [0.2, 0.25) is 0 Å². The topological polar surface area (TPSA) is 12.0 Å². The van der Waals surface area contributed by atoms with Crippen molar-refractivity contribution in [3.8, 4) is 0 Å². The molecular formula is C17H25NS. The summed E-state index contributed by atoms with van der Waals surface area (Å²) in [5.41, 5.74) is 2.86. The van der Waals surface area contributed by atoms with Gasteiger partial charge in [-0.3, -0.25) is 0 Å². The number of hydrogen-bond donors (Lipinski definition) is 1. The van der Waals surface area contributed by atoms with Crippen LogP contribution in [-0.4, -0.2) is 12.3 Å². The van der Waals surface area contributed by atoms with E-state index in [1.54, 1.807) is 5.57 Å². The Bertz CT molecular complexity index is 439. The molecule has 0 radical (unpaired) electrons. The van der Waals surface area contributed by atoms with Gasteiger partial charge in [0.05, 0.1) is 0 Å². The van der Waals surface area contributed by atoms with E-state index in [0.717, 1.165) is 24.1 Å². The highest BCUT2D eigenvalue weighted by Crippen LogP contribution is 2.30. The summed E-state index contributed by atoms with van der Waals surface area (Å²) in [5.74, 6) is 2.64. The first-order chi connectivity index (χ1) is 9.19. The molecule has 1 N–H and O–H groups in total. The van der Waals surface area contributed by atoms with E-state index < -0.39 is 0 Å². The summed E-state index contributed by atoms with van der Waals surface area (Å²) in [7, 11) is 0. The molecule has 0 bridgehead atoms. The number of hydrogen-bond acceptors (Lipinski definition) is 2. The maximum absolute atomic E-state index is 3.66. The van der Waals surface area contributed by atoms with E-state index in [1.165, 1.54) is 23.4 Å². The highest BCUT2D eigenvalue weighted by atomic mass is 32.2. The predicted octanol–water partition coefficient (Wildman–Crippen LogP) is 5.20. The standard InChI is InChI=1S/C17H25NS/c1-4-19-17-8-6-5-7-16(17)18-12-15-10-13(2)9-14(3)11-15/h5-9,13,15,18H,4,10-12H2,1-3H3. The number of nitrogens with one attached hydrogen (secondary N) is 1. The zero-order valence-corrected chi connectivity index (χ0v) is 13.1. The molecule has 104 valence electrons. The van der Waals surface area contributed by atoms with Crippen LogP contribution in [0, 0.1) is 11.8 Å². The fourth-order valence-electron chi connectivity index (χ4n) is 2.99. The number of thioether (sulfide) groups is 1. The number of anilines is 1. The Morgan fingerprint density at radius 1 is 1.32 bits per heavy atom. The second-order valence-corrected chi connectivity index (χ2v) is 6.91. The van der Waals surface area contributed by atoms with Crippen LogP contribution in [0.15, 0.2) is 40.8 Å². The van der Waals surface area contributed by atoms with Gasteiger partial charge in [0.25, 0.3) is 0 Å². The van der Waals surface area contributed by atoms with Crippen molar-refractivity contribution < 1.29 is 0 Å². The van der Waals surface area contributed by atoms with E-state index in [0.29, 0.717) is 0 Å². The van der Waals surface area contributed by atoms with E-state index in [9.17, 15) is 0 Å². The summed E-state index contributed by atoms with van der Waals surface area (Å²) in [6, 6.07) is 8.66. The molecule has 0 aliphatic heterocycles. The number of allylic oxidation sites excluding steroid dienone is 2. The van der Waals surface area contributed by atoms with Crippen molar-refractivity contribution in [3.63, 3.8) is 0 Å². The molecule has 1 aromatic carbocycles. The van der Waals surface area contributed by atoms with Gasteiger partial charge < -0.3 is 5.32 Å². The maximum atomic E-state index is 3.66. The van der Waals surface area contributed by atoms with Crippen molar-refractivity contribution in [1.29, 1.82) is 0 Å². The van der Waals surface area contributed by atoms with E-state index in [4.69, 9.17) is 0 Å². The van der Waals surface area contributed by atoms with Crippen molar-refractivity contribution in [2.75, 3.05) is 17.6 Å². The van der Waals surface area contributed by atoms with Gasteiger partial charge in [-0.15, -0.1) is 11.8 Å². The highest BCUT2D eigenvalue weighted by molar-refractivity contribution is 7.99. The molecule has 0 spiro atoms. The molecular weight excluding hydrogens is 250 g/mol. The zero-order chi connectivity index (χ0) is 13.7. The second kappa shape index (κ2) is 7.04. The molecule has 0 saturated heterocycles. The molecule has 1 aliphatic rings. The van der Waals surface area contributed by atoms with E-state index in [1.807, 2.05) is 11.8 Å². The lowest BCUT2D eigenvalue weighted by atomic mass is 9.84. The largest absolute Gasteiger partial charge is 0.384 e. The summed E-state index contributed by atoms with van der Waals surface area (Å²) >= 11 is 1.92. The lowest BCUT2D eigenvalue weighted by Crippen LogP contribution is -2.20. The monoisotopic (exact) mass is 275 g/mol. The molecule has 1 nitrogen and oxygen atoms in total. The lowest BCUT2D eigenvalue weighted by Gasteiger charge is -2.26. The van der Waals surface area contributed by atoms with Crippen LogP contribution in [0.25, 0.3) is 0 Å². The van der Waals surface area contributed by atoms with Gasteiger partial charge >= 0.3 is 0 Å². The van der Waals surface area contributed by atoms with E-state index in [-0.39, 0.29) is 0 Å². The summed E-state index contributed by atoms with van der Waals surface area (Å²) < 4.78 is 0. The van der Waals surface area contributed by atoms with Gasteiger partial charge in [0.1, 0.15) is 0 Å². The summed E-state index contributed by atoms with van der Waals surface area (Å²) in [5, 5.41) is 3.66. The van der Waals surface area contributed by atoms with Crippen molar-refractivity contribution in [3.05, 3.63) is 35.9 Å². The molecule has 2 atom stereocenters. The normalized spacial score (nSPS) is 23.0. The first kappa shape index (κ1) is 14.5. The number of benzene rings is 1. The number of rotatable bonds is 5. The van der Waals surface area contributed by atoms with Gasteiger partial charge in [-0.2, -0.15) is 0 Å². The van der Waals surface area contributed by atoms with Crippen molar-refractivity contribution in [1.82, 2.24) is 0 Å². The molecule has 2 rings (SSSR count). The average molecular weight is 275 g/mol. The van der Waals surface area contributed by atoms with Gasteiger partial charge in [0.2, 0.25) is 0 Å². The minimum atomic E-state index is 0.737. The predicted molar refractivity (Wildman–Crippen MR) is 87.0 cm³/mol. The van der Waals surface area contributed by atoms with Gasteiger partial charge in [-0.1, -0.05) is 37.6 Å². The molecule has 19 heavy (non-hydrogen) atoms. The SMILES string of the molecule is CCSc1ccccc1NCC1CC(C)=CC(C)C1. The van der Waals surface area contributed by atoms with Crippen LogP contribution in [-0.2, 0) is 0 Å². The summed E-state index contributed by atoms with van der Waals surface area (Å²) in [6.07, 6.45) is 4.99. The fourth-order valence-corrected chi connectivity index (χ4v) is 3.77. The number of para-hydroxylation sites is 1. The average Bonchev–Trinajstić information content (AvgIpc) is 2.37. The molecule has 0 amide bonds. The highest BCUT2D eigenvalue weighted by Gasteiger charge is 2.18. The Labute approximate surface area is 121 Å². The molecule has 0 fully saturated rings. The molecule has 1 aromatic rings. The fraction of sp³-hybridized carbons (Fsp3) is 0.529. The minimum Gasteiger partial charge on any atom is -0.384 e.